The minimum atomic E-state index is -3.64. The number of hydrogen-bond donors (Lipinski definition) is 2. The summed E-state index contributed by atoms with van der Waals surface area (Å²) < 4.78 is 30.5. The summed E-state index contributed by atoms with van der Waals surface area (Å²) in [4.78, 5) is 0.146. The Labute approximate surface area is 125 Å². The SMILES string of the molecule is COCC(O)CN(C)S(=O)(=O)c1ccc(C#CCN)cc1. The van der Waals surface area contributed by atoms with Gasteiger partial charge in [0.2, 0.25) is 10.0 Å². The standard InChI is InChI=1S/C14H20N2O4S/c1-16(10-13(17)11-20-2)21(18,19)14-7-5-12(6-8-14)4-3-9-15/h5-8,13,17H,9-11,15H2,1-2H3. The van der Waals surface area contributed by atoms with Crippen molar-refractivity contribution in [3.63, 3.8) is 0 Å². The van der Waals surface area contributed by atoms with E-state index in [1.807, 2.05) is 0 Å². The Balaban J connectivity index is 2.87. The first-order chi connectivity index (χ1) is 9.91. The third-order valence-corrected chi connectivity index (χ3v) is 4.56. The van der Waals surface area contributed by atoms with Crippen LogP contribution in [0.4, 0.5) is 0 Å². The maximum Gasteiger partial charge on any atom is 0.242 e. The largest absolute Gasteiger partial charge is 0.389 e. The average molecular weight is 312 g/mol. The molecule has 0 heterocycles. The van der Waals surface area contributed by atoms with Gasteiger partial charge in [-0.05, 0) is 24.3 Å². The maximum absolute atomic E-state index is 12.3. The lowest BCUT2D eigenvalue weighted by Crippen LogP contribution is -2.36. The summed E-state index contributed by atoms with van der Waals surface area (Å²) in [5.41, 5.74) is 5.97. The van der Waals surface area contributed by atoms with E-state index in [0.29, 0.717) is 5.56 Å². The number of ether oxygens (including phenoxy) is 1. The number of benzene rings is 1. The second-order valence-electron chi connectivity index (χ2n) is 4.42. The van der Waals surface area contributed by atoms with Crippen molar-refractivity contribution in [3.05, 3.63) is 29.8 Å². The fraction of sp³-hybridized carbons (Fsp3) is 0.429. The normalized spacial score (nSPS) is 12.8. The second kappa shape index (κ2) is 8.12. The third-order valence-electron chi connectivity index (χ3n) is 2.72. The van der Waals surface area contributed by atoms with Crippen LogP contribution in [-0.4, -0.2) is 57.8 Å². The summed E-state index contributed by atoms with van der Waals surface area (Å²) in [6.45, 7) is 0.290. The van der Waals surface area contributed by atoms with Crippen LogP contribution in [0.2, 0.25) is 0 Å². The molecule has 1 rings (SSSR count). The Morgan fingerprint density at radius 2 is 2.00 bits per heavy atom. The van der Waals surface area contributed by atoms with Crippen LogP contribution < -0.4 is 5.73 Å². The van der Waals surface area contributed by atoms with Crippen LogP contribution in [0.1, 0.15) is 5.56 Å². The molecule has 0 radical (unpaired) electrons. The van der Waals surface area contributed by atoms with Gasteiger partial charge in [0.25, 0.3) is 0 Å². The molecule has 0 amide bonds. The molecule has 0 aliphatic rings. The zero-order chi connectivity index (χ0) is 15.9. The van der Waals surface area contributed by atoms with Gasteiger partial charge in [-0.2, -0.15) is 4.31 Å². The van der Waals surface area contributed by atoms with Crippen LogP contribution in [0.25, 0.3) is 0 Å². The molecule has 0 fully saturated rings. The van der Waals surface area contributed by atoms with Gasteiger partial charge in [-0.1, -0.05) is 11.8 Å². The van der Waals surface area contributed by atoms with Crippen LogP contribution in [-0.2, 0) is 14.8 Å². The van der Waals surface area contributed by atoms with E-state index in [1.165, 1.54) is 26.3 Å². The molecule has 0 saturated carbocycles. The van der Waals surface area contributed by atoms with Crippen molar-refractivity contribution in [2.75, 3.05) is 33.9 Å². The Kier molecular flexibility index (Phi) is 6.81. The lowest BCUT2D eigenvalue weighted by atomic mass is 10.2. The monoisotopic (exact) mass is 312 g/mol. The quantitative estimate of drug-likeness (QED) is 0.699. The first kappa shape index (κ1) is 17.6. The van der Waals surface area contributed by atoms with Crippen LogP contribution in [0.3, 0.4) is 0 Å². The van der Waals surface area contributed by atoms with Gasteiger partial charge in [-0.15, -0.1) is 0 Å². The van der Waals surface area contributed by atoms with Crippen molar-refractivity contribution < 1.29 is 18.3 Å². The highest BCUT2D eigenvalue weighted by Crippen LogP contribution is 2.15. The van der Waals surface area contributed by atoms with Crippen LogP contribution in [0.5, 0.6) is 0 Å². The van der Waals surface area contributed by atoms with E-state index in [1.54, 1.807) is 12.1 Å². The molecule has 1 unspecified atom stereocenters. The molecule has 0 saturated heterocycles. The molecule has 116 valence electrons. The Morgan fingerprint density at radius 3 is 2.52 bits per heavy atom. The molecular weight excluding hydrogens is 292 g/mol. The van der Waals surface area contributed by atoms with Gasteiger partial charge in [0.1, 0.15) is 0 Å². The topological polar surface area (TPSA) is 92.9 Å². The van der Waals surface area contributed by atoms with Gasteiger partial charge >= 0.3 is 0 Å². The molecule has 3 N–H and O–H groups in total. The van der Waals surface area contributed by atoms with Crippen LogP contribution >= 0.6 is 0 Å². The second-order valence-corrected chi connectivity index (χ2v) is 6.47. The molecule has 21 heavy (non-hydrogen) atoms. The van der Waals surface area contributed by atoms with E-state index in [9.17, 15) is 13.5 Å². The van der Waals surface area contributed by atoms with Gasteiger partial charge in [-0.3, -0.25) is 0 Å². The van der Waals surface area contributed by atoms with Crippen molar-refractivity contribution in [1.29, 1.82) is 0 Å². The smallest absolute Gasteiger partial charge is 0.242 e. The molecule has 0 spiro atoms. The van der Waals surface area contributed by atoms with Crippen molar-refractivity contribution >= 4 is 10.0 Å². The van der Waals surface area contributed by atoms with Crippen molar-refractivity contribution in [1.82, 2.24) is 4.31 Å². The molecule has 6 nitrogen and oxygen atoms in total. The van der Waals surface area contributed by atoms with E-state index in [2.05, 4.69) is 11.8 Å². The lowest BCUT2D eigenvalue weighted by Gasteiger charge is -2.20. The number of nitrogens with zero attached hydrogens (tertiary/aromatic N) is 1. The summed E-state index contributed by atoms with van der Waals surface area (Å²) >= 11 is 0. The number of aliphatic hydroxyl groups is 1. The van der Waals surface area contributed by atoms with Gasteiger partial charge < -0.3 is 15.6 Å². The number of methoxy groups -OCH3 is 1. The number of nitrogens with two attached hydrogens (primary N) is 1. The summed E-state index contributed by atoms with van der Waals surface area (Å²) in [5, 5.41) is 9.61. The number of sulfonamides is 1. The highest BCUT2D eigenvalue weighted by atomic mass is 32.2. The van der Waals surface area contributed by atoms with Gasteiger partial charge in [0.05, 0.1) is 24.2 Å². The molecule has 1 aromatic carbocycles. The van der Waals surface area contributed by atoms with Crippen LogP contribution in [0, 0.1) is 11.8 Å². The zero-order valence-electron chi connectivity index (χ0n) is 12.1. The molecule has 0 aromatic heterocycles. The predicted octanol–water partition coefficient (Wildman–Crippen LogP) is -0.375. The summed E-state index contributed by atoms with van der Waals surface area (Å²) in [6.07, 6.45) is -0.871. The zero-order valence-corrected chi connectivity index (χ0v) is 12.9. The number of rotatable bonds is 6. The number of aliphatic hydroxyl groups excluding tert-OH is 1. The molecule has 1 aromatic rings. The fourth-order valence-electron chi connectivity index (χ4n) is 1.68. The van der Waals surface area contributed by atoms with Crippen LogP contribution in [0.15, 0.2) is 29.2 Å². The van der Waals surface area contributed by atoms with E-state index >= 15 is 0 Å². The van der Waals surface area contributed by atoms with Crippen molar-refractivity contribution in [2.24, 2.45) is 5.73 Å². The number of hydrogen-bond acceptors (Lipinski definition) is 5. The molecule has 0 aliphatic carbocycles. The van der Waals surface area contributed by atoms with E-state index in [0.717, 1.165) is 4.31 Å². The van der Waals surface area contributed by atoms with Gasteiger partial charge in [0.15, 0.2) is 0 Å². The molecule has 0 bridgehead atoms. The maximum atomic E-state index is 12.3. The highest BCUT2D eigenvalue weighted by molar-refractivity contribution is 7.89. The first-order valence-corrected chi connectivity index (χ1v) is 7.78. The van der Waals surface area contributed by atoms with Gasteiger partial charge in [0, 0.05) is 26.3 Å². The van der Waals surface area contributed by atoms with E-state index in [-0.39, 0.29) is 24.6 Å². The van der Waals surface area contributed by atoms with E-state index in [4.69, 9.17) is 10.5 Å². The molecule has 7 heteroatoms. The lowest BCUT2D eigenvalue weighted by molar-refractivity contribution is 0.0554. The van der Waals surface area contributed by atoms with Crippen molar-refractivity contribution in [2.45, 2.75) is 11.0 Å². The Morgan fingerprint density at radius 1 is 1.38 bits per heavy atom. The third kappa shape index (κ3) is 5.12. The average Bonchev–Trinajstić information content (AvgIpc) is 2.45. The summed E-state index contributed by atoms with van der Waals surface area (Å²) in [6, 6.07) is 6.20. The molecule has 1 atom stereocenters. The van der Waals surface area contributed by atoms with Gasteiger partial charge in [-0.25, -0.2) is 8.42 Å². The van der Waals surface area contributed by atoms with Crippen molar-refractivity contribution in [3.8, 4) is 11.8 Å². The van der Waals surface area contributed by atoms with E-state index < -0.39 is 16.1 Å². The fourth-order valence-corrected chi connectivity index (χ4v) is 2.89. The molecule has 0 aliphatic heterocycles. The molecular formula is C14H20N2O4S. The minimum Gasteiger partial charge on any atom is -0.389 e. The summed E-state index contributed by atoms with van der Waals surface area (Å²) in [5.74, 6) is 5.52. The minimum absolute atomic E-state index is 0.0368. The highest BCUT2D eigenvalue weighted by Gasteiger charge is 2.22. The summed E-state index contributed by atoms with van der Waals surface area (Å²) in [7, 11) is -0.788. The predicted molar refractivity (Wildman–Crippen MR) is 80.1 cm³/mol. The number of likely N-dealkylation sites (N-methyl/N-ethyl adjacent to an activating group) is 1. The Bertz CT molecular complexity index is 602. The Hall–Kier alpha value is -1.43. The first-order valence-electron chi connectivity index (χ1n) is 6.34.